The molecule has 2 amide bonds. The molecule has 1 atom stereocenters. The zero-order valence-electron chi connectivity index (χ0n) is 17.9. The fourth-order valence-corrected chi connectivity index (χ4v) is 4.52. The number of amides is 2. The van der Waals surface area contributed by atoms with E-state index in [1.165, 1.54) is 35.4 Å². The number of hydrogen-bond donors (Lipinski definition) is 1. The molecule has 2 aromatic carbocycles. The smallest absolute Gasteiger partial charge is 0.242 e. The van der Waals surface area contributed by atoms with Crippen molar-refractivity contribution in [3.63, 3.8) is 0 Å². The van der Waals surface area contributed by atoms with Gasteiger partial charge in [0, 0.05) is 38.6 Å². The van der Waals surface area contributed by atoms with E-state index in [1.807, 2.05) is 6.07 Å². The number of rotatable bonds is 10. The van der Waals surface area contributed by atoms with Crippen molar-refractivity contribution >= 4 is 33.4 Å². The summed E-state index contributed by atoms with van der Waals surface area (Å²) >= 11 is 6.23. The minimum atomic E-state index is -3.62. The first-order chi connectivity index (χ1) is 14.7. The highest BCUT2D eigenvalue weighted by molar-refractivity contribution is 7.89. The number of carbonyl (C=O) groups is 2. The van der Waals surface area contributed by atoms with Gasteiger partial charge in [0.25, 0.3) is 0 Å². The fourth-order valence-electron chi connectivity index (χ4n) is 3.09. The Morgan fingerprint density at radius 1 is 1.06 bits per heavy atom. The molecule has 0 aliphatic rings. The Labute approximate surface area is 189 Å². The summed E-state index contributed by atoms with van der Waals surface area (Å²) in [5, 5.41) is 3.07. The van der Waals surface area contributed by atoms with Crippen LogP contribution in [0.3, 0.4) is 0 Å². The van der Waals surface area contributed by atoms with Crippen molar-refractivity contribution in [3.8, 4) is 0 Å². The van der Waals surface area contributed by atoms with Crippen LogP contribution in [-0.2, 0) is 26.2 Å². The van der Waals surface area contributed by atoms with E-state index in [9.17, 15) is 18.0 Å². The SMILES string of the molecule is CNC(=O)[C@@H](C)N(Cc1ccccc1Cl)C(=O)CCCN(C)S(=O)(=O)c1ccccc1. The Kier molecular flexibility index (Phi) is 9.03. The van der Waals surface area contributed by atoms with Crippen molar-refractivity contribution in [2.45, 2.75) is 37.2 Å². The third-order valence-corrected chi connectivity index (χ3v) is 7.27. The molecule has 0 unspecified atom stereocenters. The topological polar surface area (TPSA) is 86.8 Å². The maximum Gasteiger partial charge on any atom is 0.242 e. The predicted molar refractivity (Wildman–Crippen MR) is 121 cm³/mol. The quantitative estimate of drug-likeness (QED) is 0.584. The van der Waals surface area contributed by atoms with Crippen molar-refractivity contribution < 1.29 is 18.0 Å². The molecule has 31 heavy (non-hydrogen) atoms. The molecule has 0 saturated carbocycles. The van der Waals surface area contributed by atoms with Gasteiger partial charge in [-0.15, -0.1) is 0 Å². The third kappa shape index (κ3) is 6.53. The largest absolute Gasteiger partial charge is 0.357 e. The second kappa shape index (κ2) is 11.3. The summed E-state index contributed by atoms with van der Waals surface area (Å²) in [6.45, 7) is 2.02. The van der Waals surface area contributed by atoms with E-state index in [-0.39, 0.29) is 36.2 Å². The van der Waals surface area contributed by atoms with Crippen LogP contribution in [0.2, 0.25) is 5.02 Å². The van der Waals surface area contributed by atoms with Crippen molar-refractivity contribution in [3.05, 3.63) is 65.2 Å². The van der Waals surface area contributed by atoms with Gasteiger partial charge in [0.05, 0.1) is 4.90 Å². The van der Waals surface area contributed by atoms with Crippen LogP contribution in [0, 0.1) is 0 Å². The van der Waals surface area contributed by atoms with Gasteiger partial charge in [-0.3, -0.25) is 9.59 Å². The van der Waals surface area contributed by atoms with E-state index in [4.69, 9.17) is 11.6 Å². The van der Waals surface area contributed by atoms with Gasteiger partial charge >= 0.3 is 0 Å². The zero-order valence-corrected chi connectivity index (χ0v) is 19.5. The van der Waals surface area contributed by atoms with Gasteiger partial charge < -0.3 is 10.2 Å². The van der Waals surface area contributed by atoms with Crippen LogP contribution in [0.4, 0.5) is 0 Å². The van der Waals surface area contributed by atoms with Crippen molar-refractivity contribution in [1.82, 2.24) is 14.5 Å². The van der Waals surface area contributed by atoms with E-state index < -0.39 is 16.1 Å². The molecule has 0 aliphatic heterocycles. The van der Waals surface area contributed by atoms with Crippen LogP contribution < -0.4 is 5.32 Å². The van der Waals surface area contributed by atoms with Gasteiger partial charge in [0.15, 0.2) is 0 Å². The molecule has 2 rings (SSSR count). The number of halogens is 1. The minimum Gasteiger partial charge on any atom is -0.357 e. The van der Waals surface area contributed by atoms with Gasteiger partial charge in [0.2, 0.25) is 21.8 Å². The lowest BCUT2D eigenvalue weighted by Crippen LogP contribution is -2.46. The molecule has 0 bridgehead atoms. The highest BCUT2D eigenvalue weighted by Gasteiger charge is 2.26. The Morgan fingerprint density at radius 2 is 1.68 bits per heavy atom. The van der Waals surface area contributed by atoms with E-state index in [1.54, 1.807) is 43.3 Å². The number of sulfonamides is 1. The summed E-state index contributed by atoms with van der Waals surface area (Å²) in [6, 6.07) is 14.6. The lowest BCUT2D eigenvalue weighted by molar-refractivity contribution is -0.140. The average Bonchev–Trinajstić information content (AvgIpc) is 2.77. The molecular weight excluding hydrogens is 438 g/mol. The number of nitrogens with one attached hydrogen (secondary N) is 1. The third-order valence-electron chi connectivity index (χ3n) is 5.03. The van der Waals surface area contributed by atoms with E-state index in [0.717, 1.165) is 5.56 Å². The zero-order chi connectivity index (χ0) is 23.0. The van der Waals surface area contributed by atoms with Crippen LogP contribution in [-0.4, -0.2) is 56.1 Å². The summed E-state index contributed by atoms with van der Waals surface area (Å²) in [6.07, 6.45) is 0.418. The molecule has 1 N–H and O–H groups in total. The molecule has 0 fully saturated rings. The Morgan fingerprint density at radius 3 is 2.29 bits per heavy atom. The molecule has 168 valence electrons. The molecular formula is C22H28ClN3O4S. The van der Waals surface area contributed by atoms with E-state index in [0.29, 0.717) is 11.4 Å². The highest BCUT2D eigenvalue weighted by Crippen LogP contribution is 2.20. The summed E-state index contributed by atoms with van der Waals surface area (Å²) in [7, 11) is -0.616. The maximum atomic E-state index is 13.0. The fraction of sp³-hybridized carbons (Fsp3) is 0.364. The number of likely N-dealkylation sites (N-methyl/N-ethyl adjacent to an activating group) is 1. The number of nitrogens with zero attached hydrogens (tertiary/aromatic N) is 2. The van der Waals surface area contributed by atoms with Gasteiger partial charge in [0.1, 0.15) is 6.04 Å². The lowest BCUT2D eigenvalue weighted by atomic mass is 10.1. The second-order valence-corrected chi connectivity index (χ2v) is 9.60. The van der Waals surface area contributed by atoms with Crippen molar-refractivity contribution in [2.24, 2.45) is 0 Å². The van der Waals surface area contributed by atoms with Gasteiger partial charge in [-0.25, -0.2) is 12.7 Å². The molecule has 0 aromatic heterocycles. The molecule has 0 aliphatic carbocycles. The van der Waals surface area contributed by atoms with Gasteiger partial charge in [-0.1, -0.05) is 48.0 Å². The van der Waals surface area contributed by atoms with Crippen LogP contribution in [0.5, 0.6) is 0 Å². The molecule has 7 nitrogen and oxygen atoms in total. The molecule has 0 radical (unpaired) electrons. The summed E-state index contributed by atoms with van der Waals surface area (Å²) < 4.78 is 26.5. The molecule has 2 aromatic rings. The number of carbonyl (C=O) groups excluding carboxylic acids is 2. The van der Waals surface area contributed by atoms with Gasteiger partial charge in [-0.2, -0.15) is 0 Å². The Bertz CT molecular complexity index is 999. The van der Waals surface area contributed by atoms with Crippen LogP contribution >= 0.6 is 11.6 Å². The predicted octanol–water partition coefficient (Wildman–Crippen LogP) is 2.90. The summed E-state index contributed by atoms with van der Waals surface area (Å²) in [4.78, 5) is 26.8. The van der Waals surface area contributed by atoms with E-state index >= 15 is 0 Å². The van der Waals surface area contributed by atoms with Crippen LogP contribution in [0.1, 0.15) is 25.3 Å². The first-order valence-electron chi connectivity index (χ1n) is 9.94. The summed E-state index contributed by atoms with van der Waals surface area (Å²) in [5.74, 6) is -0.536. The second-order valence-electron chi connectivity index (χ2n) is 7.15. The highest BCUT2D eigenvalue weighted by atomic mass is 35.5. The first-order valence-corrected chi connectivity index (χ1v) is 11.8. The monoisotopic (exact) mass is 465 g/mol. The average molecular weight is 466 g/mol. The normalized spacial score (nSPS) is 12.4. The van der Waals surface area contributed by atoms with Crippen molar-refractivity contribution in [1.29, 1.82) is 0 Å². The number of hydrogen-bond acceptors (Lipinski definition) is 4. The number of benzene rings is 2. The lowest BCUT2D eigenvalue weighted by Gasteiger charge is -2.29. The van der Waals surface area contributed by atoms with Crippen LogP contribution in [0.15, 0.2) is 59.5 Å². The maximum absolute atomic E-state index is 13.0. The molecule has 0 heterocycles. The Hall–Kier alpha value is -2.42. The molecule has 0 saturated heterocycles. The molecule has 9 heteroatoms. The Balaban J connectivity index is 2.06. The van der Waals surface area contributed by atoms with Crippen molar-refractivity contribution in [2.75, 3.05) is 20.6 Å². The standard InChI is InChI=1S/C22H28ClN3O4S/c1-17(22(28)24-2)26(16-18-10-7-8-13-20(18)23)21(27)14-9-15-25(3)31(29,30)19-11-5-4-6-12-19/h4-8,10-13,17H,9,14-16H2,1-3H3,(H,24,28)/t17-/m1/s1. The summed E-state index contributed by atoms with van der Waals surface area (Å²) in [5.41, 5.74) is 0.733. The molecule has 0 spiro atoms. The minimum absolute atomic E-state index is 0.0977. The van der Waals surface area contributed by atoms with Gasteiger partial charge in [-0.05, 0) is 37.1 Å². The van der Waals surface area contributed by atoms with E-state index in [2.05, 4.69) is 5.32 Å². The first kappa shape index (κ1) is 24.8. The van der Waals surface area contributed by atoms with Crippen LogP contribution in [0.25, 0.3) is 0 Å².